The van der Waals surface area contributed by atoms with E-state index in [2.05, 4.69) is 10.5 Å². The first kappa shape index (κ1) is 18.3. The molecule has 6 nitrogen and oxygen atoms in total. The number of carbonyl (C=O) groups is 1. The second kappa shape index (κ2) is 9.97. The molecule has 2 aromatic carbocycles. The number of nitrogens with zero attached hydrogens (tertiary/aromatic N) is 1. The molecule has 0 radical (unpaired) electrons. The summed E-state index contributed by atoms with van der Waals surface area (Å²) in [6.45, 7) is 0.384. The fourth-order valence-electron chi connectivity index (χ4n) is 2.17. The Kier molecular flexibility index (Phi) is 7.31. The first-order valence-corrected chi connectivity index (χ1v) is 7.91. The van der Waals surface area contributed by atoms with Crippen molar-refractivity contribution in [1.29, 1.82) is 0 Å². The Morgan fingerprint density at radius 3 is 2.56 bits per heavy atom. The summed E-state index contributed by atoms with van der Waals surface area (Å²) in [6.07, 6.45) is 2.25. The number of benzene rings is 2. The number of hydrogen-bond donors (Lipinski definition) is 1. The second-order valence-electron chi connectivity index (χ2n) is 5.21. The molecule has 0 fully saturated rings. The Balaban J connectivity index is 1.69. The van der Waals surface area contributed by atoms with Gasteiger partial charge in [0, 0.05) is 6.54 Å². The van der Waals surface area contributed by atoms with E-state index >= 15 is 0 Å². The van der Waals surface area contributed by atoms with Gasteiger partial charge >= 0.3 is 0 Å². The number of hydrogen-bond acceptors (Lipinski definition) is 5. The molecular weight excluding hydrogens is 320 g/mol. The van der Waals surface area contributed by atoms with Crippen LogP contribution in [0.3, 0.4) is 0 Å². The van der Waals surface area contributed by atoms with E-state index in [0.717, 1.165) is 11.1 Å². The quantitative estimate of drug-likeness (QED) is 0.561. The number of oxime groups is 1. The van der Waals surface area contributed by atoms with Crippen LogP contribution in [0.4, 0.5) is 0 Å². The van der Waals surface area contributed by atoms with Gasteiger partial charge in [-0.3, -0.25) is 4.79 Å². The molecule has 0 aliphatic carbocycles. The molecule has 0 aliphatic heterocycles. The predicted molar refractivity (Wildman–Crippen MR) is 96.2 cm³/mol. The largest absolute Gasteiger partial charge is 0.493 e. The lowest BCUT2D eigenvalue weighted by Crippen LogP contribution is -2.28. The summed E-state index contributed by atoms with van der Waals surface area (Å²) in [4.78, 5) is 16.7. The molecule has 1 N–H and O–H groups in total. The van der Waals surface area contributed by atoms with Crippen LogP contribution in [-0.2, 0) is 16.1 Å². The topological polar surface area (TPSA) is 69.2 Å². The highest BCUT2D eigenvalue weighted by atomic mass is 16.6. The molecule has 1 amide bonds. The van der Waals surface area contributed by atoms with Gasteiger partial charge in [0.05, 0.1) is 20.4 Å². The van der Waals surface area contributed by atoms with Crippen molar-refractivity contribution >= 4 is 12.1 Å². The first-order chi connectivity index (χ1) is 12.2. The number of methoxy groups -OCH3 is 2. The zero-order valence-electron chi connectivity index (χ0n) is 14.4. The van der Waals surface area contributed by atoms with Crippen molar-refractivity contribution in [2.75, 3.05) is 27.4 Å². The van der Waals surface area contributed by atoms with Crippen LogP contribution in [-0.4, -0.2) is 39.5 Å². The minimum atomic E-state index is -0.217. The van der Waals surface area contributed by atoms with Crippen LogP contribution in [0.25, 0.3) is 0 Å². The van der Waals surface area contributed by atoms with Gasteiger partial charge in [0.15, 0.2) is 18.1 Å². The Labute approximate surface area is 147 Å². The summed E-state index contributed by atoms with van der Waals surface area (Å²) >= 11 is 0. The SMILES string of the molecule is COc1ccc(CCNC(=O)CO/N=C\c2ccccc2)cc1OC. The van der Waals surface area contributed by atoms with Crippen molar-refractivity contribution in [3.05, 3.63) is 59.7 Å². The molecule has 25 heavy (non-hydrogen) atoms. The van der Waals surface area contributed by atoms with E-state index in [9.17, 15) is 4.79 Å². The van der Waals surface area contributed by atoms with Gasteiger partial charge in [-0.15, -0.1) is 0 Å². The average molecular weight is 342 g/mol. The highest BCUT2D eigenvalue weighted by molar-refractivity contribution is 5.79. The van der Waals surface area contributed by atoms with E-state index < -0.39 is 0 Å². The third-order valence-electron chi connectivity index (χ3n) is 3.46. The van der Waals surface area contributed by atoms with Gasteiger partial charge in [0.2, 0.25) is 0 Å². The van der Waals surface area contributed by atoms with Crippen LogP contribution >= 0.6 is 0 Å². The normalized spacial score (nSPS) is 10.5. The van der Waals surface area contributed by atoms with E-state index in [-0.39, 0.29) is 12.5 Å². The Hall–Kier alpha value is -3.02. The number of carbonyl (C=O) groups excluding carboxylic acids is 1. The van der Waals surface area contributed by atoms with Crippen LogP contribution in [0.15, 0.2) is 53.7 Å². The molecule has 0 spiro atoms. The summed E-state index contributed by atoms with van der Waals surface area (Å²) < 4.78 is 10.5. The van der Waals surface area contributed by atoms with Gasteiger partial charge in [-0.05, 0) is 29.7 Å². The summed E-state index contributed by atoms with van der Waals surface area (Å²) in [5.41, 5.74) is 1.96. The summed E-state index contributed by atoms with van der Waals surface area (Å²) in [5.74, 6) is 1.13. The lowest BCUT2D eigenvalue weighted by atomic mass is 10.1. The van der Waals surface area contributed by atoms with Crippen molar-refractivity contribution < 1.29 is 19.1 Å². The van der Waals surface area contributed by atoms with Gasteiger partial charge in [-0.2, -0.15) is 0 Å². The number of amides is 1. The summed E-state index contributed by atoms with van der Waals surface area (Å²) in [7, 11) is 3.19. The van der Waals surface area contributed by atoms with Crippen LogP contribution in [0.5, 0.6) is 11.5 Å². The van der Waals surface area contributed by atoms with Crippen molar-refractivity contribution in [3.63, 3.8) is 0 Å². The molecule has 0 aliphatic rings. The van der Waals surface area contributed by atoms with Crippen LogP contribution < -0.4 is 14.8 Å². The Morgan fingerprint density at radius 1 is 1.08 bits per heavy atom. The number of nitrogens with one attached hydrogen (secondary N) is 1. The smallest absolute Gasteiger partial charge is 0.260 e. The molecule has 0 aromatic heterocycles. The van der Waals surface area contributed by atoms with Crippen molar-refractivity contribution in [3.8, 4) is 11.5 Å². The van der Waals surface area contributed by atoms with E-state index in [1.807, 2.05) is 48.5 Å². The Bertz CT molecular complexity index is 702. The third-order valence-corrected chi connectivity index (χ3v) is 3.46. The maximum Gasteiger partial charge on any atom is 0.260 e. The standard InChI is InChI=1S/C19H22N2O4/c1-23-17-9-8-15(12-18(17)24-2)10-11-20-19(22)14-25-21-13-16-6-4-3-5-7-16/h3-9,12-13H,10-11,14H2,1-2H3,(H,20,22)/b21-13-. The minimum Gasteiger partial charge on any atom is -0.493 e. The molecule has 2 rings (SSSR count). The molecule has 0 saturated heterocycles. The average Bonchev–Trinajstić information content (AvgIpc) is 2.66. The summed E-state index contributed by atoms with van der Waals surface area (Å²) in [6, 6.07) is 15.2. The zero-order valence-corrected chi connectivity index (χ0v) is 14.4. The maximum atomic E-state index is 11.7. The van der Waals surface area contributed by atoms with Gasteiger partial charge in [0.1, 0.15) is 0 Å². The van der Waals surface area contributed by atoms with Gasteiger partial charge < -0.3 is 19.6 Å². The maximum absolute atomic E-state index is 11.7. The first-order valence-electron chi connectivity index (χ1n) is 7.91. The Morgan fingerprint density at radius 2 is 1.84 bits per heavy atom. The molecule has 0 heterocycles. The highest BCUT2D eigenvalue weighted by Crippen LogP contribution is 2.27. The fourth-order valence-corrected chi connectivity index (χ4v) is 2.17. The van der Waals surface area contributed by atoms with Gasteiger partial charge in [-0.25, -0.2) is 0 Å². The van der Waals surface area contributed by atoms with Crippen molar-refractivity contribution in [2.45, 2.75) is 6.42 Å². The lowest BCUT2D eigenvalue weighted by molar-refractivity contribution is -0.125. The van der Waals surface area contributed by atoms with Gasteiger partial charge in [-0.1, -0.05) is 41.6 Å². The fraction of sp³-hybridized carbons (Fsp3) is 0.263. The molecule has 132 valence electrons. The number of ether oxygens (including phenoxy) is 2. The van der Waals surface area contributed by atoms with Crippen LogP contribution in [0, 0.1) is 0 Å². The van der Waals surface area contributed by atoms with Crippen LogP contribution in [0.2, 0.25) is 0 Å². The monoisotopic (exact) mass is 342 g/mol. The molecule has 2 aromatic rings. The molecule has 6 heteroatoms. The number of rotatable bonds is 9. The van der Waals surface area contributed by atoms with Crippen molar-refractivity contribution in [2.24, 2.45) is 5.16 Å². The molecule has 0 unspecified atom stereocenters. The second-order valence-corrected chi connectivity index (χ2v) is 5.21. The van der Waals surface area contributed by atoms with E-state index in [1.54, 1.807) is 20.4 Å². The van der Waals surface area contributed by atoms with Gasteiger partial charge in [0.25, 0.3) is 5.91 Å². The lowest BCUT2D eigenvalue weighted by Gasteiger charge is -2.10. The summed E-state index contributed by atoms with van der Waals surface area (Å²) in [5, 5.41) is 6.56. The van der Waals surface area contributed by atoms with E-state index in [1.165, 1.54) is 0 Å². The predicted octanol–water partition coefficient (Wildman–Crippen LogP) is 2.41. The van der Waals surface area contributed by atoms with Crippen molar-refractivity contribution in [1.82, 2.24) is 5.32 Å². The minimum absolute atomic E-state index is 0.116. The third kappa shape index (κ3) is 6.18. The van der Waals surface area contributed by atoms with Crippen LogP contribution in [0.1, 0.15) is 11.1 Å². The highest BCUT2D eigenvalue weighted by Gasteiger charge is 2.05. The molecule has 0 atom stereocenters. The molecule has 0 saturated carbocycles. The molecular formula is C19H22N2O4. The van der Waals surface area contributed by atoms with E-state index in [4.69, 9.17) is 14.3 Å². The molecule has 0 bridgehead atoms. The zero-order chi connectivity index (χ0) is 17.9. The van der Waals surface area contributed by atoms with E-state index in [0.29, 0.717) is 24.5 Å².